The summed E-state index contributed by atoms with van der Waals surface area (Å²) in [5, 5.41) is 0. The molecule has 0 bridgehead atoms. The maximum absolute atomic E-state index is 2.42. The lowest BCUT2D eigenvalue weighted by atomic mass is 11.0. The van der Waals surface area contributed by atoms with E-state index < -0.39 is 0 Å². The highest BCUT2D eigenvalue weighted by Crippen LogP contribution is 1.86. The van der Waals surface area contributed by atoms with Crippen LogP contribution in [0.4, 0.5) is 0 Å². The molecule has 4 unspecified atom stereocenters. The van der Waals surface area contributed by atoms with Crippen LogP contribution >= 0.6 is 37.0 Å². The van der Waals surface area contributed by atoms with Crippen LogP contribution in [0.3, 0.4) is 0 Å². The summed E-state index contributed by atoms with van der Waals surface area (Å²) in [6.45, 7) is 9.92. The zero-order valence-electron chi connectivity index (χ0n) is 8.44. The van der Waals surface area contributed by atoms with Gasteiger partial charge in [-0.25, -0.2) is 0 Å². The molecule has 0 aliphatic carbocycles. The van der Waals surface area contributed by atoms with Crippen LogP contribution in [0.1, 0.15) is 35.1 Å². The smallest absolute Gasteiger partial charge is 0.0467 e. The van der Waals surface area contributed by atoms with Crippen molar-refractivity contribution in [3.05, 3.63) is 7.43 Å². The van der Waals surface area contributed by atoms with E-state index in [-0.39, 0.29) is 24.8 Å². The lowest BCUT2D eigenvalue weighted by Crippen LogP contribution is -0.856. The Morgan fingerprint density at radius 2 is 0.727 bits per heavy atom. The van der Waals surface area contributed by atoms with E-state index in [4.69, 9.17) is 0 Å². The second-order valence-electron chi connectivity index (χ2n) is 0. The summed E-state index contributed by atoms with van der Waals surface area (Å²) in [7, 11) is 7.08. The maximum Gasteiger partial charge on any atom is 0.0467 e. The summed E-state index contributed by atoms with van der Waals surface area (Å²) < 4.78 is 0. The van der Waals surface area contributed by atoms with Crippen molar-refractivity contribution >= 4 is 37.0 Å². The Morgan fingerprint density at radius 3 is 0.727 bits per heavy atom. The van der Waals surface area contributed by atoms with Crippen molar-refractivity contribution < 1.29 is 0 Å². The zero-order valence-corrected chi connectivity index (χ0v) is 13.3. The van der Waals surface area contributed by atoms with Crippen LogP contribution < -0.4 is 0 Å². The average molecular weight is 239 g/mol. The van der Waals surface area contributed by atoms with Crippen molar-refractivity contribution in [3.63, 3.8) is 0 Å². The minimum absolute atomic E-state index is 0. The van der Waals surface area contributed by atoms with Crippen LogP contribution in [-0.2, 0) is 0 Å². The first-order chi connectivity index (χ1) is 4.00. The Kier molecular flexibility index (Phi) is 2530. The van der Waals surface area contributed by atoms with Gasteiger partial charge in [0.25, 0.3) is 0 Å². The van der Waals surface area contributed by atoms with Crippen molar-refractivity contribution in [2.45, 2.75) is 35.1 Å². The molecule has 0 radical (unpaired) electrons. The fraction of sp³-hybridized carbons (Fsp3) is 0.857. The molecule has 78 valence electrons. The second kappa shape index (κ2) is 514. The molecule has 0 amide bonds. The molecule has 0 spiro atoms. The van der Waals surface area contributed by atoms with E-state index in [1.807, 2.05) is 34.4 Å². The van der Waals surface area contributed by atoms with Gasteiger partial charge in [-0.3, -0.25) is 0 Å². The normalized spacial score (nSPS) is 2.18. The van der Waals surface area contributed by atoms with Crippen LogP contribution in [-0.4, -0.2) is 6.66 Å². The van der Waals surface area contributed by atoms with Crippen LogP contribution in [0.25, 0.3) is 0 Å². The highest BCUT2D eigenvalue weighted by atomic mass is 32.0. The maximum atomic E-state index is 2.42. The predicted molar refractivity (Wildman–Crippen MR) is 82.0 cm³/mol. The summed E-state index contributed by atoms with van der Waals surface area (Å²) in [5.41, 5.74) is 0. The molecule has 0 aromatic heterocycles. The van der Waals surface area contributed by atoms with E-state index in [1.54, 1.807) is 0 Å². The molecule has 0 aliphatic rings. The van der Waals surface area contributed by atoms with E-state index >= 15 is 0 Å². The number of hydrogen-bond donors (Lipinski definition) is 0. The summed E-state index contributed by atoms with van der Waals surface area (Å²) in [6.07, 6.45) is 0. The van der Waals surface area contributed by atoms with E-state index in [9.17, 15) is 0 Å². The molecule has 0 N–H and O–H groups in total. The Labute approximate surface area is 86.6 Å². The lowest BCUT2D eigenvalue weighted by Gasteiger charge is -1.12. The Balaban J connectivity index is -0.00000000356. The standard InChI is InChI=1S/2C2H6.CH5P.CH4.CH3.H4P2.H3P/c3*1-2;;;1-2;/h2*1-2H3;2H2,1H3;1H4;1H3;1-2H2;1H3/q;;;;+1;;. The Bertz CT molecular complexity index is 10.4. The zero-order chi connectivity index (χ0) is 8.00. The lowest BCUT2D eigenvalue weighted by molar-refractivity contribution is 1.50. The molecule has 0 nitrogen and oxygen atoms in total. The van der Waals surface area contributed by atoms with Crippen LogP contribution in [0, 0.1) is 7.43 Å². The second-order valence-corrected chi connectivity index (χ2v) is 0. The first kappa shape index (κ1) is 54.1. The summed E-state index contributed by atoms with van der Waals surface area (Å²) >= 11 is 0. The highest BCUT2D eigenvalue weighted by Gasteiger charge is 0.934. The topological polar surface area (TPSA) is 0 Å². The van der Waals surface area contributed by atoms with Crippen molar-refractivity contribution in [1.82, 2.24) is 0 Å². The summed E-state index contributed by atoms with van der Waals surface area (Å²) in [6, 6.07) is 0. The quantitative estimate of drug-likeness (QED) is 0.435. The monoisotopic (exact) mass is 239 g/mol. The van der Waals surface area contributed by atoms with Gasteiger partial charge >= 0.3 is 0 Å². The molecule has 0 saturated carbocycles. The summed E-state index contributed by atoms with van der Waals surface area (Å²) in [4.78, 5) is 0. The molecule has 11 heavy (non-hydrogen) atoms. The third kappa shape index (κ3) is 422. The molecule has 0 aromatic carbocycles. The van der Waals surface area contributed by atoms with Crippen molar-refractivity contribution in [3.8, 4) is 0 Å². The van der Waals surface area contributed by atoms with Crippen molar-refractivity contribution in [1.29, 1.82) is 0 Å². The summed E-state index contributed by atoms with van der Waals surface area (Å²) in [5.74, 6) is 0. The molecular formula is C7H31P4+. The third-order valence-electron chi connectivity index (χ3n) is 0. The van der Waals surface area contributed by atoms with Gasteiger partial charge in [-0.2, -0.15) is 9.90 Å². The molecule has 0 aliphatic heterocycles. The minimum Gasteiger partial charge on any atom is -0.153 e. The molecule has 0 heterocycles. The molecule has 0 fully saturated rings. The molecule has 4 atom stereocenters. The highest BCUT2D eigenvalue weighted by molar-refractivity contribution is 7.92. The average Bonchev–Trinajstić information content (AvgIpc) is 2.03. The van der Waals surface area contributed by atoms with Crippen molar-refractivity contribution in [2.24, 2.45) is 0 Å². The van der Waals surface area contributed by atoms with Gasteiger partial charge in [-0.05, 0) is 0 Å². The molecule has 4 heteroatoms. The van der Waals surface area contributed by atoms with Gasteiger partial charge in [-0.15, -0.1) is 27.1 Å². The molecule has 0 aromatic rings. The Morgan fingerprint density at radius 1 is 0.727 bits per heavy atom. The first-order valence-electron chi connectivity index (χ1n) is 2.91. The van der Waals surface area contributed by atoms with Gasteiger partial charge in [0.2, 0.25) is 0 Å². The minimum atomic E-state index is 0. The van der Waals surface area contributed by atoms with Crippen molar-refractivity contribution in [2.75, 3.05) is 6.66 Å². The van der Waals surface area contributed by atoms with Crippen LogP contribution in [0.2, 0.25) is 0 Å². The molecular weight excluding hydrogens is 208 g/mol. The van der Waals surface area contributed by atoms with Gasteiger partial charge in [0.15, 0.2) is 0 Å². The van der Waals surface area contributed by atoms with Gasteiger partial charge in [0.1, 0.15) is 0 Å². The van der Waals surface area contributed by atoms with Gasteiger partial charge in [0, 0.05) is 7.43 Å². The Hall–Kier alpha value is 1.59. The van der Waals surface area contributed by atoms with Gasteiger partial charge < -0.3 is 0 Å². The number of hydrogen-bond acceptors (Lipinski definition) is 0. The third-order valence-corrected chi connectivity index (χ3v) is 0. The van der Waals surface area contributed by atoms with Gasteiger partial charge in [0.05, 0.1) is 0 Å². The fourth-order valence-electron chi connectivity index (χ4n) is 0. The van der Waals surface area contributed by atoms with E-state index in [2.05, 4.69) is 27.1 Å². The number of rotatable bonds is 0. The molecule has 0 rings (SSSR count). The van der Waals surface area contributed by atoms with Crippen LogP contribution in [0.5, 0.6) is 0 Å². The largest absolute Gasteiger partial charge is 0.153 e. The van der Waals surface area contributed by atoms with E-state index in [0.29, 0.717) is 0 Å². The predicted octanol–water partition coefficient (Wildman–Crippen LogP) is 4.34. The first-order valence-corrected chi connectivity index (χ1v) is 6.73. The van der Waals surface area contributed by atoms with E-state index in [1.165, 1.54) is 0 Å². The van der Waals surface area contributed by atoms with Gasteiger partial charge in [-0.1, -0.05) is 41.8 Å². The SMILES string of the molecule is C.CC.CC.CP.P.PP.[CH3+]. The molecule has 0 saturated heterocycles. The van der Waals surface area contributed by atoms with Crippen LogP contribution in [0.15, 0.2) is 0 Å². The fourth-order valence-corrected chi connectivity index (χ4v) is 0. The van der Waals surface area contributed by atoms with E-state index in [0.717, 1.165) is 0 Å².